The van der Waals surface area contributed by atoms with Gasteiger partial charge in [-0.3, -0.25) is 4.79 Å². The van der Waals surface area contributed by atoms with Crippen molar-refractivity contribution in [3.63, 3.8) is 0 Å². The molecule has 1 aliphatic rings. The fraction of sp³-hybridized carbons (Fsp3) is 0.562. The van der Waals surface area contributed by atoms with Crippen molar-refractivity contribution in [2.75, 3.05) is 6.61 Å². The van der Waals surface area contributed by atoms with Gasteiger partial charge in [0.1, 0.15) is 6.04 Å². The Morgan fingerprint density at radius 1 is 1.33 bits per heavy atom. The minimum Gasteiger partial charge on any atom is -0.366 e. The van der Waals surface area contributed by atoms with Gasteiger partial charge in [0.05, 0.1) is 17.5 Å². The molecule has 3 atom stereocenters. The summed E-state index contributed by atoms with van der Waals surface area (Å²) >= 11 is 0. The normalized spacial score (nSPS) is 22.5. The molecule has 1 heterocycles. The maximum absolute atomic E-state index is 12.5. The third-order valence-electron chi connectivity index (χ3n) is 3.76. The number of benzene rings is 1. The van der Waals surface area contributed by atoms with Crippen LogP contribution in [0.4, 0.5) is 0 Å². The summed E-state index contributed by atoms with van der Waals surface area (Å²) in [7, 11) is -3.80. The number of aliphatic hydroxyl groups is 1. The van der Waals surface area contributed by atoms with Gasteiger partial charge in [0.25, 0.3) is 0 Å². The molecule has 2 rings (SSSR count). The second-order valence-electron chi connectivity index (χ2n) is 6.28. The monoisotopic (exact) mass is 356 g/mol. The first-order valence-corrected chi connectivity index (χ1v) is 9.45. The van der Waals surface area contributed by atoms with Crippen molar-refractivity contribution in [3.05, 3.63) is 30.3 Å². The van der Waals surface area contributed by atoms with E-state index in [0.717, 1.165) is 0 Å². The summed E-state index contributed by atoms with van der Waals surface area (Å²) in [4.78, 5) is 12.6. The standard InChI is InChI=1S/C16H24N2O5S/c1-11(2)10-14(15(19)17-13-8-9-23-16(13)20)18-24(21,22)12-6-4-3-5-7-12/h3-7,11,13-14,16,18,20H,8-10H2,1-2H3,(H,17,19)/t13-,14?,16?/m1/s1. The summed E-state index contributed by atoms with van der Waals surface area (Å²) in [5.74, 6) is -0.346. The zero-order chi connectivity index (χ0) is 17.7. The van der Waals surface area contributed by atoms with Gasteiger partial charge < -0.3 is 15.2 Å². The van der Waals surface area contributed by atoms with Crippen LogP contribution < -0.4 is 10.0 Å². The van der Waals surface area contributed by atoms with Gasteiger partial charge in [0.15, 0.2) is 6.29 Å². The number of carbonyl (C=O) groups is 1. The number of sulfonamides is 1. The number of amides is 1. The van der Waals surface area contributed by atoms with Gasteiger partial charge in [-0.25, -0.2) is 8.42 Å². The average molecular weight is 356 g/mol. The van der Waals surface area contributed by atoms with E-state index in [0.29, 0.717) is 19.4 Å². The van der Waals surface area contributed by atoms with Gasteiger partial charge in [-0.1, -0.05) is 32.0 Å². The lowest BCUT2D eigenvalue weighted by molar-refractivity contribution is -0.127. The van der Waals surface area contributed by atoms with Gasteiger partial charge in [-0.05, 0) is 30.9 Å². The Balaban J connectivity index is 2.11. The Labute approximate surface area is 142 Å². The molecule has 24 heavy (non-hydrogen) atoms. The molecule has 1 saturated heterocycles. The largest absolute Gasteiger partial charge is 0.366 e. The van der Waals surface area contributed by atoms with Crippen LogP contribution in [0.3, 0.4) is 0 Å². The highest BCUT2D eigenvalue weighted by atomic mass is 32.2. The molecule has 7 nitrogen and oxygen atoms in total. The Morgan fingerprint density at radius 3 is 2.54 bits per heavy atom. The molecule has 0 saturated carbocycles. The molecule has 134 valence electrons. The number of carbonyl (C=O) groups excluding carboxylic acids is 1. The first-order valence-electron chi connectivity index (χ1n) is 7.97. The fourth-order valence-electron chi connectivity index (χ4n) is 2.54. The Morgan fingerprint density at radius 2 is 2.00 bits per heavy atom. The van der Waals surface area contributed by atoms with Crippen molar-refractivity contribution in [1.29, 1.82) is 0 Å². The molecule has 0 radical (unpaired) electrons. The zero-order valence-corrected chi connectivity index (χ0v) is 14.6. The van der Waals surface area contributed by atoms with E-state index in [4.69, 9.17) is 4.74 Å². The SMILES string of the molecule is CC(C)CC(NS(=O)(=O)c1ccccc1)C(=O)N[C@@H]1CCOC1O. The molecule has 3 N–H and O–H groups in total. The van der Waals surface area contributed by atoms with Crippen LogP contribution in [-0.4, -0.2) is 44.4 Å². The quantitative estimate of drug-likeness (QED) is 0.664. The van der Waals surface area contributed by atoms with Crippen molar-refractivity contribution in [2.24, 2.45) is 5.92 Å². The van der Waals surface area contributed by atoms with Crippen LogP contribution in [0.2, 0.25) is 0 Å². The lowest BCUT2D eigenvalue weighted by atomic mass is 10.0. The maximum atomic E-state index is 12.5. The van der Waals surface area contributed by atoms with E-state index < -0.39 is 34.3 Å². The van der Waals surface area contributed by atoms with Crippen LogP contribution in [0, 0.1) is 5.92 Å². The Bertz CT molecular complexity index is 648. The molecule has 0 aliphatic carbocycles. The van der Waals surface area contributed by atoms with Crippen LogP contribution in [0.15, 0.2) is 35.2 Å². The van der Waals surface area contributed by atoms with E-state index in [2.05, 4.69) is 10.0 Å². The Kier molecular flexibility index (Phi) is 6.34. The minimum absolute atomic E-state index is 0.107. The first kappa shape index (κ1) is 18.9. The summed E-state index contributed by atoms with van der Waals surface area (Å²) in [6.07, 6.45) is -0.215. The fourth-order valence-corrected chi connectivity index (χ4v) is 3.77. The average Bonchev–Trinajstić information content (AvgIpc) is 2.92. The molecular formula is C16H24N2O5S. The van der Waals surface area contributed by atoms with Crippen LogP contribution >= 0.6 is 0 Å². The lowest BCUT2D eigenvalue weighted by Gasteiger charge is -2.23. The van der Waals surface area contributed by atoms with Gasteiger partial charge in [-0.2, -0.15) is 4.72 Å². The van der Waals surface area contributed by atoms with E-state index in [9.17, 15) is 18.3 Å². The predicted molar refractivity (Wildman–Crippen MR) is 88.5 cm³/mol. The highest BCUT2D eigenvalue weighted by Gasteiger charge is 2.32. The highest BCUT2D eigenvalue weighted by Crippen LogP contribution is 2.14. The third-order valence-corrected chi connectivity index (χ3v) is 5.25. The molecule has 0 spiro atoms. The second-order valence-corrected chi connectivity index (χ2v) is 8.00. The molecule has 2 unspecified atom stereocenters. The topological polar surface area (TPSA) is 105 Å². The molecule has 1 fully saturated rings. The van der Waals surface area contributed by atoms with Crippen molar-refractivity contribution in [1.82, 2.24) is 10.0 Å². The van der Waals surface area contributed by atoms with E-state index in [-0.39, 0.29) is 10.8 Å². The molecule has 1 amide bonds. The highest BCUT2D eigenvalue weighted by molar-refractivity contribution is 7.89. The maximum Gasteiger partial charge on any atom is 0.241 e. The second kappa shape index (κ2) is 8.06. The molecular weight excluding hydrogens is 332 g/mol. The van der Waals surface area contributed by atoms with Gasteiger partial charge >= 0.3 is 0 Å². The van der Waals surface area contributed by atoms with E-state index >= 15 is 0 Å². The third kappa shape index (κ3) is 5.01. The predicted octanol–water partition coefficient (Wildman–Crippen LogP) is 0.603. The van der Waals surface area contributed by atoms with E-state index in [1.165, 1.54) is 12.1 Å². The summed E-state index contributed by atoms with van der Waals surface area (Å²) in [5, 5.41) is 12.3. The Hall–Kier alpha value is -1.48. The smallest absolute Gasteiger partial charge is 0.241 e. The van der Waals surface area contributed by atoms with Crippen molar-refractivity contribution >= 4 is 15.9 Å². The number of hydrogen-bond acceptors (Lipinski definition) is 5. The summed E-state index contributed by atoms with van der Waals surface area (Å²) in [5.41, 5.74) is 0. The molecule has 0 aromatic heterocycles. The number of nitrogens with one attached hydrogen (secondary N) is 2. The number of aliphatic hydroxyl groups excluding tert-OH is 1. The summed E-state index contributed by atoms with van der Waals surface area (Å²) in [6, 6.07) is 6.48. The van der Waals surface area contributed by atoms with Gasteiger partial charge in [0, 0.05) is 0 Å². The number of rotatable bonds is 7. The van der Waals surface area contributed by atoms with Crippen molar-refractivity contribution in [2.45, 2.75) is 50.0 Å². The minimum atomic E-state index is -3.80. The van der Waals surface area contributed by atoms with Crippen LogP contribution in [0.5, 0.6) is 0 Å². The van der Waals surface area contributed by atoms with Crippen LogP contribution in [0.1, 0.15) is 26.7 Å². The molecule has 8 heteroatoms. The summed E-state index contributed by atoms with van der Waals surface area (Å²) < 4.78 is 32.4. The molecule has 1 aromatic rings. The molecule has 0 bridgehead atoms. The van der Waals surface area contributed by atoms with Gasteiger partial charge in [0.2, 0.25) is 15.9 Å². The van der Waals surface area contributed by atoms with Gasteiger partial charge in [-0.15, -0.1) is 0 Å². The van der Waals surface area contributed by atoms with Crippen molar-refractivity contribution < 1.29 is 23.1 Å². The number of hydrogen-bond donors (Lipinski definition) is 3. The molecule has 1 aliphatic heterocycles. The first-order chi connectivity index (χ1) is 11.3. The van der Waals surface area contributed by atoms with E-state index in [1.54, 1.807) is 18.2 Å². The zero-order valence-electron chi connectivity index (χ0n) is 13.8. The lowest BCUT2D eigenvalue weighted by Crippen LogP contribution is -2.51. The van der Waals surface area contributed by atoms with Crippen LogP contribution in [-0.2, 0) is 19.6 Å². The van der Waals surface area contributed by atoms with E-state index in [1.807, 2.05) is 13.8 Å². The molecule has 1 aromatic carbocycles. The number of ether oxygens (including phenoxy) is 1. The van der Waals surface area contributed by atoms with Crippen molar-refractivity contribution in [3.8, 4) is 0 Å². The van der Waals surface area contributed by atoms with Crippen LogP contribution in [0.25, 0.3) is 0 Å². The summed E-state index contributed by atoms with van der Waals surface area (Å²) in [6.45, 7) is 4.17.